The van der Waals surface area contributed by atoms with Gasteiger partial charge in [0.25, 0.3) is 0 Å². The molecule has 0 aliphatic carbocycles. The first-order valence-electron chi connectivity index (χ1n) is 9.71. The molecule has 1 fully saturated rings. The average Bonchev–Trinajstić information content (AvgIpc) is 2.79. The molecule has 1 heterocycles. The van der Waals surface area contributed by atoms with Crippen LogP contribution in [0.3, 0.4) is 0 Å². The average molecular weight is 448 g/mol. The lowest BCUT2D eigenvalue weighted by Gasteiger charge is -2.39. The van der Waals surface area contributed by atoms with Gasteiger partial charge in [-0.1, -0.05) is 18.2 Å². The van der Waals surface area contributed by atoms with Gasteiger partial charge >= 0.3 is 5.97 Å². The number of rotatable bonds is 7. The maximum atomic E-state index is 11.9. The van der Waals surface area contributed by atoms with E-state index in [1.165, 1.54) is 30.4 Å². The van der Waals surface area contributed by atoms with Gasteiger partial charge in [-0.15, -0.1) is 0 Å². The molecule has 2 aromatic rings. The number of phenolic OH excluding ortho intramolecular Hbond substituents is 2. The summed E-state index contributed by atoms with van der Waals surface area (Å²) in [6.45, 7) is -0.582. The summed E-state index contributed by atoms with van der Waals surface area (Å²) in [5.74, 6) is -0.883. The fourth-order valence-electron chi connectivity index (χ4n) is 2.97. The van der Waals surface area contributed by atoms with E-state index in [2.05, 4.69) is 0 Å². The first-order chi connectivity index (χ1) is 15.3. The Kier molecular flexibility index (Phi) is 7.67. The third-order valence-electron chi connectivity index (χ3n) is 4.82. The topological polar surface area (TPSA) is 166 Å². The quantitative estimate of drug-likeness (QED) is 0.193. The van der Waals surface area contributed by atoms with Crippen LogP contribution in [0, 0.1) is 0 Å². The van der Waals surface area contributed by atoms with Gasteiger partial charge in [0.1, 0.15) is 36.8 Å². The lowest BCUT2D eigenvalue weighted by atomic mass is 9.99. The van der Waals surface area contributed by atoms with Crippen molar-refractivity contribution in [3.05, 3.63) is 59.7 Å². The van der Waals surface area contributed by atoms with E-state index in [9.17, 15) is 35.4 Å². The van der Waals surface area contributed by atoms with E-state index in [0.717, 1.165) is 0 Å². The molecule has 0 unspecified atom stereocenters. The third kappa shape index (κ3) is 5.75. The van der Waals surface area contributed by atoms with Gasteiger partial charge in [-0.3, -0.25) is 0 Å². The Bertz CT molecular complexity index is 940. The maximum absolute atomic E-state index is 11.9. The highest BCUT2D eigenvalue weighted by Gasteiger charge is 2.44. The normalized spacial score (nSPS) is 25.6. The lowest BCUT2D eigenvalue weighted by molar-refractivity contribution is -0.277. The Balaban J connectivity index is 1.51. The second kappa shape index (κ2) is 10.4. The van der Waals surface area contributed by atoms with Crippen LogP contribution in [0.2, 0.25) is 0 Å². The summed E-state index contributed by atoms with van der Waals surface area (Å²) in [5.41, 5.74) is 1.15. The molecule has 0 saturated carbocycles. The molecule has 172 valence electrons. The molecule has 2 aromatic carbocycles. The van der Waals surface area contributed by atoms with Gasteiger partial charge in [-0.05, 0) is 41.5 Å². The predicted molar refractivity (Wildman–Crippen MR) is 109 cm³/mol. The number of phenols is 2. The minimum atomic E-state index is -1.54. The summed E-state index contributed by atoms with van der Waals surface area (Å²) in [6.07, 6.45) is -4.28. The van der Waals surface area contributed by atoms with Gasteiger partial charge in [-0.25, -0.2) is 4.79 Å². The summed E-state index contributed by atoms with van der Waals surface area (Å²) in [4.78, 5) is 11.9. The van der Waals surface area contributed by atoms with E-state index in [1.54, 1.807) is 24.3 Å². The second-order valence-electron chi connectivity index (χ2n) is 7.15. The molecule has 0 bridgehead atoms. The summed E-state index contributed by atoms with van der Waals surface area (Å²) >= 11 is 0. The fraction of sp³-hybridized carbons (Fsp3) is 0.318. The van der Waals surface area contributed by atoms with Crippen LogP contribution in [0.15, 0.2) is 48.5 Å². The van der Waals surface area contributed by atoms with Gasteiger partial charge < -0.3 is 44.8 Å². The van der Waals surface area contributed by atoms with E-state index in [1.807, 2.05) is 0 Å². The molecular weight excluding hydrogens is 424 g/mol. The molecule has 1 aliphatic rings. The minimum absolute atomic E-state index is 0.0235. The molecule has 0 aromatic heterocycles. The van der Waals surface area contributed by atoms with Crippen molar-refractivity contribution in [3.63, 3.8) is 0 Å². The Morgan fingerprint density at radius 2 is 1.69 bits per heavy atom. The van der Waals surface area contributed by atoms with Crippen LogP contribution in [0.25, 0.3) is 6.08 Å². The molecule has 5 atom stereocenters. The van der Waals surface area contributed by atoms with Crippen molar-refractivity contribution in [1.82, 2.24) is 0 Å². The monoisotopic (exact) mass is 448 g/mol. The molecular formula is C22H24O10. The van der Waals surface area contributed by atoms with Crippen molar-refractivity contribution < 1.29 is 49.6 Å². The highest BCUT2D eigenvalue weighted by atomic mass is 16.7. The van der Waals surface area contributed by atoms with E-state index < -0.39 is 43.3 Å². The van der Waals surface area contributed by atoms with Crippen LogP contribution >= 0.6 is 0 Å². The van der Waals surface area contributed by atoms with E-state index in [-0.39, 0.29) is 23.9 Å². The molecule has 10 nitrogen and oxygen atoms in total. The molecule has 6 N–H and O–H groups in total. The minimum Gasteiger partial charge on any atom is -0.504 e. The van der Waals surface area contributed by atoms with Gasteiger partial charge in [-0.2, -0.15) is 0 Å². The summed E-state index contributed by atoms with van der Waals surface area (Å²) in [5, 5.41) is 57.5. The fourth-order valence-corrected chi connectivity index (χ4v) is 2.97. The summed E-state index contributed by atoms with van der Waals surface area (Å²) in [7, 11) is 0. The summed E-state index contributed by atoms with van der Waals surface area (Å²) < 4.78 is 15.9. The number of carbonyl (C=O) groups excluding carboxylic acids is 1. The highest BCUT2D eigenvalue weighted by Crippen LogP contribution is 2.26. The Labute approximate surface area is 183 Å². The molecule has 32 heavy (non-hydrogen) atoms. The van der Waals surface area contributed by atoms with E-state index in [4.69, 9.17) is 14.2 Å². The van der Waals surface area contributed by atoms with Crippen molar-refractivity contribution in [1.29, 1.82) is 0 Å². The largest absolute Gasteiger partial charge is 0.504 e. The number of benzene rings is 2. The van der Waals surface area contributed by atoms with Crippen LogP contribution in [0.4, 0.5) is 0 Å². The zero-order valence-electron chi connectivity index (χ0n) is 16.8. The van der Waals surface area contributed by atoms with Crippen LogP contribution in [0.5, 0.6) is 17.2 Å². The van der Waals surface area contributed by atoms with E-state index >= 15 is 0 Å². The van der Waals surface area contributed by atoms with Crippen LogP contribution in [0.1, 0.15) is 11.1 Å². The van der Waals surface area contributed by atoms with Gasteiger partial charge in [0.2, 0.25) is 6.29 Å². The number of carbonyl (C=O) groups is 1. The van der Waals surface area contributed by atoms with Crippen LogP contribution in [-0.2, 0) is 20.9 Å². The van der Waals surface area contributed by atoms with Crippen molar-refractivity contribution in [2.24, 2.45) is 0 Å². The zero-order valence-corrected chi connectivity index (χ0v) is 16.8. The van der Waals surface area contributed by atoms with Crippen LogP contribution < -0.4 is 4.74 Å². The first-order valence-corrected chi connectivity index (χ1v) is 9.71. The predicted octanol–water partition coefficient (Wildman–Crippen LogP) is 0.0331. The number of aliphatic hydroxyl groups excluding tert-OH is 4. The Hall–Kier alpha value is -3.15. The van der Waals surface area contributed by atoms with Gasteiger partial charge in [0, 0.05) is 6.08 Å². The van der Waals surface area contributed by atoms with Gasteiger partial charge in [0.05, 0.1) is 6.61 Å². The molecule has 0 amide bonds. The van der Waals surface area contributed by atoms with E-state index in [0.29, 0.717) is 11.1 Å². The number of hydrogen-bond donors (Lipinski definition) is 6. The number of ether oxygens (including phenoxy) is 3. The van der Waals surface area contributed by atoms with Crippen LogP contribution in [-0.4, -0.2) is 73.9 Å². The number of aliphatic hydroxyl groups is 4. The third-order valence-corrected chi connectivity index (χ3v) is 4.82. The number of hydrogen-bond acceptors (Lipinski definition) is 10. The molecule has 0 spiro atoms. The Morgan fingerprint density at radius 1 is 0.969 bits per heavy atom. The summed E-state index contributed by atoms with van der Waals surface area (Å²) in [6, 6.07) is 10.4. The Morgan fingerprint density at radius 3 is 2.34 bits per heavy atom. The number of aromatic hydroxyl groups is 2. The van der Waals surface area contributed by atoms with Crippen molar-refractivity contribution >= 4 is 12.0 Å². The SMILES string of the molecule is O=C(C=Cc1ccc(O)c(O)c1)OCc1ccc(O[C@H]2O[C@H](CO)[C@@H](O)[C@H](O)[C@H]2O)cc1. The highest BCUT2D eigenvalue weighted by molar-refractivity contribution is 5.87. The van der Waals surface area contributed by atoms with Crippen molar-refractivity contribution in [3.8, 4) is 17.2 Å². The van der Waals surface area contributed by atoms with Gasteiger partial charge in [0.15, 0.2) is 11.5 Å². The zero-order chi connectivity index (χ0) is 23.3. The number of esters is 1. The molecule has 3 rings (SSSR count). The first kappa shape index (κ1) is 23.5. The molecule has 1 saturated heterocycles. The standard InChI is InChI=1S/C22H24O10/c23-10-17-19(27)20(28)21(29)22(32-17)31-14-5-1-13(2-6-14)11-30-18(26)8-4-12-3-7-15(24)16(25)9-12/h1-9,17,19-25,27-29H,10-11H2/t17-,19-,20+,21-,22+/m1/s1. The van der Waals surface area contributed by atoms with Crippen molar-refractivity contribution in [2.45, 2.75) is 37.3 Å². The molecule has 1 aliphatic heterocycles. The molecule has 10 heteroatoms. The second-order valence-corrected chi connectivity index (χ2v) is 7.15. The lowest BCUT2D eigenvalue weighted by Crippen LogP contribution is -2.60. The smallest absolute Gasteiger partial charge is 0.331 e. The molecule has 0 radical (unpaired) electrons. The van der Waals surface area contributed by atoms with Crippen molar-refractivity contribution in [2.75, 3.05) is 6.61 Å². The maximum Gasteiger partial charge on any atom is 0.331 e.